The van der Waals surface area contributed by atoms with Crippen molar-refractivity contribution in [1.29, 1.82) is 0 Å². The van der Waals surface area contributed by atoms with E-state index in [1.54, 1.807) is 0 Å². The van der Waals surface area contributed by atoms with Gasteiger partial charge in [-0.15, -0.1) is 0 Å². The summed E-state index contributed by atoms with van der Waals surface area (Å²) in [6, 6.07) is 5.43. The van der Waals surface area contributed by atoms with Gasteiger partial charge >= 0.3 is 59.1 Å². The molecular formula is C10H7NNa2O6S2. The molecule has 0 unspecified atom stereocenters. The smallest absolute Gasteiger partial charge is 0.744 e. The predicted molar refractivity (Wildman–Crippen MR) is 64.3 cm³/mol. The van der Waals surface area contributed by atoms with Crippen LogP contribution in [-0.4, -0.2) is 25.9 Å². The van der Waals surface area contributed by atoms with Gasteiger partial charge in [-0.05, 0) is 18.2 Å². The first-order valence-corrected chi connectivity index (χ1v) is 7.67. The molecule has 0 heterocycles. The van der Waals surface area contributed by atoms with Crippen LogP contribution in [0.1, 0.15) is 0 Å². The van der Waals surface area contributed by atoms with Gasteiger partial charge in [0.2, 0.25) is 0 Å². The largest absolute Gasteiger partial charge is 1.00 e. The Labute approximate surface area is 166 Å². The van der Waals surface area contributed by atoms with Crippen molar-refractivity contribution >= 4 is 36.7 Å². The van der Waals surface area contributed by atoms with Gasteiger partial charge in [-0.1, -0.05) is 12.1 Å². The van der Waals surface area contributed by atoms with Crippen LogP contribution in [0.5, 0.6) is 0 Å². The average Bonchev–Trinajstić information content (AvgIpc) is 2.25. The van der Waals surface area contributed by atoms with Crippen LogP contribution in [0.2, 0.25) is 0 Å². The van der Waals surface area contributed by atoms with Crippen LogP contribution in [0.15, 0.2) is 40.1 Å². The zero-order valence-electron chi connectivity index (χ0n) is 11.2. The quantitative estimate of drug-likeness (QED) is 0.324. The van der Waals surface area contributed by atoms with Gasteiger partial charge in [0, 0.05) is 16.5 Å². The van der Waals surface area contributed by atoms with E-state index in [4.69, 9.17) is 5.73 Å². The van der Waals surface area contributed by atoms with Crippen molar-refractivity contribution in [1.82, 2.24) is 0 Å². The van der Waals surface area contributed by atoms with Crippen LogP contribution in [0, 0.1) is 0 Å². The molecule has 0 spiro atoms. The second-order valence-corrected chi connectivity index (χ2v) is 6.44. The number of nitrogen functional groups attached to an aromatic ring is 1. The van der Waals surface area contributed by atoms with Crippen molar-refractivity contribution in [3.05, 3.63) is 30.3 Å². The molecule has 2 aromatic rings. The summed E-state index contributed by atoms with van der Waals surface area (Å²) in [6.45, 7) is 0. The Morgan fingerprint density at radius 3 is 1.81 bits per heavy atom. The van der Waals surface area contributed by atoms with Gasteiger partial charge < -0.3 is 14.8 Å². The van der Waals surface area contributed by atoms with Crippen LogP contribution in [0.3, 0.4) is 0 Å². The molecule has 0 aromatic heterocycles. The standard InChI is InChI=1S/C10H9NO6S2.2Na/c11-7-4-5-8(18(12,13)14)6-2-1-3-9(10(6)7)19(15,16)17;;/h1-5H,11H2,(H,12,13,14)(H,15,16,17);;/q;2*+1/p-2. The Hall–Kier alpha value is 0.320. The van der Waals surface area contributed by atoms with E-state index >= 15 is 0 Å². The number of rotatable bonds is 2. The topological polar surface area (TPSA) is 140 Å². The van der Waals surface area contributed by atoms with E-state index in [0.717, 1.165) is 18.2 Å². The van der Waals surface area contributed by atoms with Gasteiger partial charge in [0.1, 0.15) is 20.2 Å². The molecule has 102 valence electrons. The van der Waals surface area contributed by atoms with E-state index in [1.807, 2.05) is 0 Å². The average molecular weight is 347 g/mol. The maximum atomic E-state index is 11.1. The molecule has 0 fully saturated rings. The van der Waals surface area contributed by atoms with Crippen molar-refractivity contribution in [2.24, 2.45) is 0 Å². The molecule has 7 nitrogen and oxygen atoms in total. The van der Waals surface area contributed by atoms with E-state index in [9.17, 15) is 25.9 Å². The molecule has 2 rings (SSSR count). The molecule has 21 heavy (non-hydrogen) atoms. The van der Waals surface area contributed by atoms with E-state index in [0.29, 0.717) is 0 Å². The number of hydrogen-bond donors (Lipinski definition) is 1. The zero-order chi connectivity index (χ0) is 14.4. The van der Waals surface area contributed by atoms with E-state index in [1.165, 1.54) is 12.1 Å². The van der Waals surface area contributed by atoms with Crippen LogP contribution in [-0.2, 0) is 20.2 Å². The zero-order valence-corrected chi connectivity index (χ0v) is 16.9. The van der Waals surface area contributed by atoms with Crippen molar-refractivity contribution in [2.75, 3.05) is 5.73 Å². The van der Waals surface area contributed by atoms with E-state index in [2.05, 4.69) is 0 Å². The summed E-state index contributed by atoms with van der Waals surface area (Å²) in [6.07, 6.45) is 0. The summed E-state index contributed by atoms with van der Waals surface area (Å²) in [5.74, 6) is 0. The maximum absolute atomic E-state index is 11.1. The first-order chi connectivity index (χ1) is 8.62. The molecular weight excluding hydrogens is 340 g/mol. The first-order valence-electron chi connectivity index (χ1n) is 4.85. The van der Waals surface area contributed by atoms with Gasteiger partial charge in [0.25, 0.3) is 0 Å². The third-order valence-corrected chi connectivity index (χ3v) is 4.31. The van der Waals surface area contributed by atoms with Crippen molar-refractivity contribution in [2.45, 2.75) is 9.79 Å². The van der Waals surface area contributed by atoms with Crippen LogP contribution >= 0.6 is 0 Å². The number of fused-ring (bicyclic) bond motifs is 1. The Morgan fingerprint density at radius 2 is 1.33 bits per heavy atom. The third-order valence-electron chi connectivity index (χ3n) is 2.53. The normalized spacial score (nSPS) is 11.5. The second kappa shape index (κ2) is 7.26. The fraction of sp³-hybridized carbons (Fsp3) is 0. The van der Waals surface area contributed by atoms with Crippen LogP contribution in [0.4, 0.5) is 5.69 Å². The minimum absolute atomic E-state index is 0. The fourth-order valence-electron chi connectivity index (χ4n) is 1.80. The van der Waals surface area contributed by atoms with Gasteiger partial charge in [-0.2, -0.15) is 0 Å². The van der Waals surface area contributed by atoms with Crippen LogP contribution < -0.4 is 64.8 Å². The molecule has 2 N–H and O–H groups in total. The van der Waals surface area contributed by atoms with Crippen LogP contribution in [0.25, 0.3) is 10.8 Å². The summed E-state index contributed by atoms with van der Waals surface area (Å²) >= 11 is 0. The molecule has 11 heteroatoms. The first kappa shape index (κ1) is 21.3. The van der Waals surface area contributed by atoms with E-state index < -0.39 is 30.0 Å². The van der Waals surface area contributed by atoms with Gasteiger partial charge in [-0.25, -0.2) is 16.8 Å². The van der Waals surface area contributed by atoms with Gasteiger partial charge in [0.05, 0.1) is 9.79 Å². The number of hydrogen-bond acceptors (Lipinski definition) is 7. The Bertz CT molecular complexity index is 880. The summed E-state index contributed by atoms with van der Waals surface area (Å²) in [4.78, 5) is -1.28. The fourth-order valence-corrected chi connectivity index (χ4v) is 3.20. The SMILES string of the molecule is Nc1ccc(S(=O)(=O)[O-])c2cccc(S(=O)(=O)[O-])c12.[Na+].[Na+]. The molecule has 0 aliphatic carbocycles. The minimum atomic E-state index is -4.84. The summed E-state index contributed by atoms with van der Waals surface area (Å²) < 4.78 is 66.6. The minimum Gasteiger partial charge on any atom is -0.744 e. The van der Waals surface area contributed by atoms with Crippen molar-refractivity contribution < 1.29 is 85.1 Å². The van der Waals surface area contributed by atoms with Gasteiger partial charge in [-0.3, -0.25) is 0 Å². The predicted octanol–water partition coefficient (Wildman–Crippen LogP) is -5.76. The summed E-state index contributed by atoms with van der Waals surface area (Å²) in [5, 5.41) is -0.443. The molecule has 0 radical (unpaired) electrons. The Morgan fingerprint density at radius 1 is 0.810 bits per heavy atom. The van der Waals surface area contributed by atoms with Crippen molar-refractivity contribution in [3.63, 3.8) is 0 Å². The van der Waals surface area contributed by atoms with E-state index in [-0.39, 0.29) is 75.6 Å². The summed E-state index contributed by atoms with van der Waals surface area (Å²) in [5.41, 5.74) is 5.47. The second-order valence-electron chi connectivity index (χ2n) is 3.74. The molecule has 0 saturated carbocycles. The summed E-state index contributed by atoms with van der Waals surface area (Å²) in [7, 11) is -9.65. The van der Waals surface area contributed by atoms with Gasteiger partial charge in [0.15, 0.2) is 0 Å². The molecule has 0 aliphatic rings. The number of nitrogens with two attached hydrogens (primary N) is 1. The molecule has 0 bridgehead atoms. The molecule has 0 saturated heterocycles. The molecule has 2 aromatic carbocycles. The Kier molecular flexibility index (Phi) is 7.37. The Balaban J connectivity index is 0.00000200. The molecule has 0 amide bonds. The molecule has 0 atom stereocenters. The number of anilines is 1. The molecule has 0 aliphatic heterocycles. The maximum Gasteiger partial charge on any atom is 1.00 e. The number of benzene rings is 2. The third kappa shape index (κ3) is 4.41. The monoisotopic (exact) mass is 347 g/mol. The van der Waals surface area contributed by atoms with Crippen molar-refractivity contribution in [3.8, 4) is 0 Å².